The Balaban J connectivity index is 1.77. The number of hydrogen-bond donors (Lipinski definition) is 3. The van der Waals surface area contributed by atoms with E-state index in [0.29, 0.717) is 11.3 Å². The number of aryl methyl sites for hydroxylation is 2. The van der Waals surface area contributed by atoms with Crippen molar-refractivity contribution in [3.63, 3.8) is 0 Å². The molecule has 2 heterocycles. The van der Waals surface area contributed by atoms with Crippen molar-refractivity contribution in [2.45, 2.75) is 52.2 Å². The van der Waals surface area contributed by atoms with E-state index in [4.69, 9.17) is 4.42 Å². The van der Waals surface area contributed by atoms with E-state index < -0.39 is 5.60 Å². The van der Waals surface area contributed by atoms with Crippen LogP contribution in [0.1, 0.15) is 43.8 Å². The van der Waals surface area contributed by atoms with Crippen LogP contribution in [0.2, 0.25) is 0 Å². The number of likely N-dealkylation sites (tertiary alicyclic amines) is 1. The highest BCUT2D eigenvalue weighted by molar-refractivity contribution is 5.74. The number of carbonyl (C=O) groups excluding carboxylic acids is 1. The standard InChI is InChI=1S/C19H31N3O3/c1-13(2)11-22-8-6-16(7-9-22)21-18(23)20-12-19(5,24)17-10-14(3)25-15(17)4/h10,16,24H,1,6-9,11-12H2,2-5H3,(H2,20,21,23). The van der Waals surface area contributed by atoms with E-state index in [9.17, 15) is 9.90 Å². The first-order valence-corrected chi connectivity index (χ1v) is 8.88. The van der Waals surface area contributed by atoms with Crippen LogP contribution in [0, 0.1) is 13.8 Å². The first-order chi connectivity index (χ1) is 11.7. The Hall–Kier alpha value is -1.79. The lowest BCUT2D eigenvalue weighted by molar-refractivity contribution is 0.0576. The Bertz CT molecular complexity index is 613. The minimum absolute atomic E-state index is 0.132. The Kier molecular flexibility index (Phi) is 6.30. The molecule has 1 aromatic heterocycles. The molecule has 0 radical (unpaired) electrons. The third-order valence-electron chi connectivity index (χ3n) is 4.63. The van der Waals surface area contributed by atoms with Gasteiger partial charge in [-0.2, -0.15) is 0 Å². The lowest BCUT2D eigenvalue weighted by atomic mass is 9.96. The van der Waals surface area contributed by atoms with Crippen molar-refractivity contribution in [2.75, 3.05) is 26.2 Å². The van der Waals surface area contributed by atoms with Crippen LogP contribution in [0.25, 0.3) is 0 Å². The monoisotopic (exact) mass is 349 g/mol. The molecule has 0 aliphatic carbocycles. The summed E-state index contributed by atoms with van der Waals surface area (Å²) in [6, 6.07) is 1.74. The molecule has 1 unspecified atom stereocenters. The molecule has 1 aliphatic rings. The van der Waals surface area contributed by atoms with Crippen LogP contribution in [0.4, 0.5) is 4.79 Å². The molecule has 140 valence electrons. The molecule has 1 atom stereocenters. The zero-order valence-corrected chi connectivity index (χ0v) is 15.8. The lowest BCUT2D eigenvalue weighted by Crippen LogP contribution is -2.50. The fourth-order valence-electron chi connectivity index (χ4n) is 3.37. The smallest absolute Gasteiger partial charge is 0.315 e. The Labute approximate surface area is 150 Å². The molecule has 1 fully saturated rings. The van der Waals surface area contributed by atoms with Crippen molar-refractivity contribution >= 4 is 6.03 Å². The maximum absolute atomic E-state index is 12.2. The number of amides is 2. The highest BCUT2D eigenvalue weighted by Gasteiger charge is 2.28. The number of urea groups is 1. The zero-order valence-electron chi connectivity index (χ0n) is 15.8. The molecule has 1 aromatic rings. The van der Waals surface area contributed by atoms with E-state index in [2.05, 4.69) is 22.1 Å². The molecule has 2 rings (SSSR count). The highest BCUT2D eigenvalue weighted by atomic mass is 16.3. The van der Waals surface area contributed by atoms with Gasteiger partial charge in [0.1, 0.15) is 17.1 Å². The number of nitrogens with zero attached hydrogens (tertiary/aromatic N) is 1. The van der Waals surface area contributed by atoms with Crippen LogP contribution >= 0.6 is 0 Å². The van der Waals surface area contributed by atoms with E-state index in [-0.39, 0.29) is 18.6 Å². The summed E-state index contributed by atoms with van der Waals surface area (Å²) >= 11 is 0. The largest absolute Gasteiger partial charge is 0.466 e. The van der Waals surface area contributed by atoms with Gasteiger partial charge in [0.2, 0.25) is 0 Å². The second-order valence-electron chi connectivity index (χ2n) is 7.44. The first kappa shape index (κ1) is 19.5. The number of piperidine rings is 1. The number of nitrogens with one attached hydrogen (secondary N) is 2. The molecule has 6 heteroatoms. The molecule has 2 amide bonds. The Morgan fingerprint density at radius 2 is 2.08 bits per heavy atom. The third-order valence-corrected chi connectivity index (χ3v) is 4.63. The van der Waals surface area contributed by atoms with Crippen molar-refractivity contribution in [1.82, 2.24) is 15.5 Å². The number of hydrogen-bond acceptors (Lipinski definition) is 4. The van der Waals surface area contributed by atoms with Gasteiger partial charge >= 0.3 is 6.03 Å². The average Bonchev–Trinajstić information content (AvgIpc) is 2.86. The lowest BCUT2D eigenvalue weighted by Gasteiger charge is -2.32. The van der Waals surface area contributed by atoms with Gasteiger partial charge < -0.3 is 20.2 Å². The van der Waals surface area contributed by atoms with E-state index in [1.165, 1.54) is 0 Å². The van der Waals surface area contributed by atoms with Crippen LogP contribution in [0.15, 0.2) is 22.6 Å². The fraction of sp³-hybridized carbons (Fsp3) is 0.632. The molecule has 1 aliphatic heterocycles. The van der Waals surface area contributed by atoms with Crippen molar-refractivity contribution in [1.29, 1.82) is 0 Å². The maximum Gasteiger partial charge on any atom is 0.315 e. The van der Waals surface area contributed by atoms with E-state index >= 15 is 0 Å². The second-order valence-corrected chi connectivity index (χ2v) is 7.44. The predicted molar refractivity (Wildman–Crippen MR) is 98.6 cm³/mol. The van der Waals surface area contributed by atoms with Crippen LogP contribution in [-0.2, 0) is 5.60 Å². The first-order valence-electron chi connectivity index (χ1n) is 8.88. The van der Waals surface area contributed by atoms with Gasteiger partial charge in [0.25, 0.3) is 0 Å². The van der Waals surface area contributed by atoms with Crippen molar-refractivity contribution < 1.29 is 14.3 Å². The summed E-state index contributed by atoms with van der Waals surface area (Å²) in [5.74, 6) is 1.42. The summed E-state index contributed by atoms with van der Waals surface area (Å²) < 4.78 is 5.47. The third kappa shape index (κ3) is 5.61. The van der Waals surface area contributed by atoms with Gasteiger partial charge in [-0.1, -0.05) is 12.2 Å². The summed E-state index contributed by atoms with van der Waals surface area (Å²) in [4.78, 5) is 14.5. The average molecular weight is 349 g/mol. The van der Waals surface area contributed by atoms with E-state index in [0.717, 1.165) is 43.8 Å². The topological polar surface area (TPSA) is 77.7 Å². The zero-order chi connectivity index (χ0) is 18.6. The maximum atomic E-state index is 12.2. The minimum Gasteiger partial charge on any atom is -0.466 e. The van der Waals surface area contributed by atoms with Gasteiger partial charge in [0, 0.05) is 31.2 Å². The van der Waals surface area contributed by atoms with Gasteiger partial charge in [-0.15, -0.1) is 0 Å². The van der Waals surface area contributed by atoms with Gasteiger partial charge in [-0.3, -0.25) is 4.90 Å². The van der Waals surface area contributed by atoms with Gasteiger partial charge in [0.15, 0.2) is 0 Å². The molecule has 0 spiro atoms. The Morgan fingerprint density at radius 3 is 2.60 bits per heavy atom. The molecule has 0 aromatic carbocycles. The van der Waals surface area contributed by atoms with E-state index in [1.54, 1.807) is 6.92 Å². The number of rotatable bonds is 6. The van der Waals surface area contributed by atoms with Crippen LogP contribution in [0.5, 0.6) is 0 Å². The number of carbonyl (C=O) groups is 1. The van der Waals surface area contributed by atoms with Crippen molar-refractivity contribution in [3.8, 4) is 0 Å². The predicted octanol–water partition coefficient (Wildman–Crippen LogP) is 2.44. The summed E-state index contributed by atoms with van der Waals surface area (Å²) in [5.41, 5.74) is 0.707. The molecule has 1 saturated heterocycles. The van der Waals surface area contributed by atoms with E-state index in [1.807, 2.05) is 26.8 Å². The normalized spacial score (nSPS) is 18.6. The fourth-order valence-corrected chi connectivity index (χ4v) is 3.37. The molecule has 25 heavy (non-hydrogen) atoms. The van der Waals surface area contributed by atoms with Crippen molar-refractivity contribution in [3.05, 3.63) is 35.3 Å². The Morgan fingerprint density at radius 1 is 1.44 bits per heavy atom. The van der Waals surface area contributed by atoms with Crippen molar-refractivity contribution in [2.24, 2.45) is 0 Å². The highest BCUT2D eigenvalue weighted by Crippen LogP contribution is 2.26. The molecule has 0 saturated carbocycles. The van der Waals surface area contributed by atoms with Gasteiger partial charge in [-0.05, 0) is 46.6 Å². The second kappa shape index (κ2) is 8.06. The van der Waals surface area contributed by atoms with Gasteiger partial charge in [0.05, 0.1) is 6.54 Å². The molecule has 0 bridgehead atoms. The quantitative estimate of drug-likeness (QED) is 0.690. The summed E-state index contributed by atoms with van der Waals surface area (Å²) in [6.45, 7) is 14.3. The summed E-state index contributed by atoms with van der Waals surface area (Å²) in [7, 11) is 0. The minimum atomic E-state index is -1.16. The number of aliphatic hydroxyl groups is 1. The molecular weight excluding hydrogens is 318 g/mol. The molecule has 3 N–H and O–H groups in total. The number of furan rings is 1. The van der Waals surface area contributed by atoms with Crippen LogP contribution < -0.4 is 10.6 Å². The SMILES string of the molecule is C=C(C)CN1CCC(NC(=O)NCC(C)(O)c2cc(C)oc2C)CC1. The molecule has 6 nitrogen and oxygen atoms in total. The van der Waals surface area contributed by atoms with Crippen LogP contribution in [0.3, 0.4) is 0 Å². The van der Waals surface area contributed by atoms with Crippen LogP contribution in [-0.4, -0.2) is 48.3 Å². The van der Waals surface area contributed by atoms with Gasteiger partial charge in [-0.25, -0.2) is 4.79 Å². The molecular formula is C19H31N3O3. The summed E-state index contributed by atoms with van der Waals surface area (Å²) in [5, 5.41) is 16.4. The summed E-state index contributed by atoms with van der Waals surface area (Å²) in [6.07, 6.45) is 1.86.